The van der Waals surface area contributed by atoms with Crippen molar-refractivity contribution in [1.82, 2.24) is 0 Å². The number of hydrogen-bond acceptors (Lipinski definition) is 6. The van der Waals surface area contributed by atoms with E-state index in [0.29, 0.717) is 33.5 Å². The number of ketones is 1. The maximum atomic E-state index is 13.0. The molecule has 0 heterocycles. The molecule has 55 heavy (non-hydrogen) atoms. The summed E-state index contributed by atoms with van der Waals surface area (Å²) in [5, 5.41) is 0. The average molecular weight is 743 g/mol. The molecule has 0 spiro atoms. The van der Waals surface area contributed by atoms with E-state index in [-0.39, 0.29) is 17.5 Å². The summed E-state index contributed by atoms with van der Waals surface area (Å²) in [5.41, 5.74) is 16.5. The Bertz CT molecular complexity index is 1890. The van der Waals surface area contributed by atoms with Crippen molar-refractivity contribution in [3.63, 3.8) is 0 Å². The lowest BCUT2D eigenvalue weighted by molar-refractivity contribution is -0.0559. The predicted molar refractivity (Wildman–Crippen MR) is 224 cm³/mol. The number of ether oxygens (including phenoxy) is 2. The van der Waals surface area contributed by atoms with Gasteiger partial charge in [0.15, 0.2) is 5.78 Å². The van der Waals surface area contributed by atoms with Gasteiger partial charge in [0.05, 0.1) is 5.56 Å². The zero-order valence-electron chi connectivity index (χ0n) is 33.7. The third-order valence-corrected chi connectivity index (χ3v) is 14.4. The molecule has 0 bridgehead atoms. The molecule has 292 valence electrons. The molecule has 4 unspecified atom stereocenters. The average Bonchev–Trinajstić information content (AvgIpc) is 3.51. The third-order valence-electron chi connectivity index (χ3n) is 14.4. The lowest BCUT2D eigenvalue weighted by Crippen LogP contribution is -2.51. The summed E-state index contributed by atoms with van der Waals surface area (Å²) in [6.07, 6.45) is 20.5. The topological polar surface area (TPSA) is 105 Å². The van der Waals surface area contributed by atoms with Gasteiger partial charge in [-0.2, -0.15) is 0 Å². The Labute approximate surface area is 329 Å². The highest BCUT2D eigenvalue weighted by Gasteiger charge is 2.59. The number of fused-ring (bicyclic) bond motifs is 5. The van der Waals surface area contributed by atoms with E-state index in [4.69, 9.17) is 20.9 Å². The van der Waals surface area contributed by atoms with Crippen LogP contribution in [0.5, 0.6) is 11.5 Å². The van der Waals surface area contributed by atoms with Crippen LogP contribution < -0.4 is 20.9 Å². The molecule has 6 nitrogen and oxygen atoms in total. The van der Waals surface area contributed by atoms with Gasteiger partial charge >= 0.3 is 5.97 Å². The number of esters is 1. The van der Waals surface area contributed by atoms with Gasteiger partial charge in [-0.15, -0.1) is 0 Å². The molecule has 0 amide bonds. The highest BCUT2D eigenvalue weighted by molar-refractivity contribution is 6.06. The molecule has 0 saturated heterocycles. The summed E-state index contributed by atoms with van der Waals surface area (Å²) >= 11 is 0. The Morgan fingerprint density at radius 3 is 2.24 bits per heavy atom. The number of allylic oxidation sites excluding steroid dienone is 2. The first-order chi connectivity index (χ1) is 26.3. The van der Waals surface area contributed by atoms with Gasteiger partial charge in [-0.1, -0.05) is 83.7 Å². The fraction of sp³-hybridized carbons (Fsp3) is 0.510. The fourth-order valence-electron chi connectivity index (χ4n) is 11.5. The van der Waals surface area contributed by atoms with Crippen LogP contribution in [0.3, 0.4) is 0 Å². The van der Waals surface area contributed by atoms with Crippen molar-refractivity contribution in [2.75, 3.05) is 11.5 Å². The van der Waals surface area contributed by atoms with E-state index >= 15 is 0 Å². The molecule has 3 fully saturated rings. The maximum Gasteiger partial charge on any atom is 0.343 e. The third kappa shape index (κ3) is 8.30. The minimum atomic E-state index is -0.544. The Morgan fingerprint density at radius 2 is 1.53 bits per heavy atom. The SMILES string of the molecule is CC(C)CCC[C@@H](C)[C@H]1CCC2C3CC=C4CC(Oc5ccc(C(=O)C=Cc6ccc(OC(=O)c7cc(N)cc(N)c7)cc6)cc5)CC[C@]4(C)C3CC[C@@]21C. The minimum Gasteiger partial charge on any atom is -0.490 e. The predicted octanol–water partition coefficient (Wildman–Crippen LogP) is 11.8. The number of benzene rings is 3. The van der Waals surface area contributed by atoms with Crippen LogP contribution in [0.15, 0.2) is 84.5 Å². The zero-order valence-corrected chi connectivity index (χ0v) is 33.7. The molecule has 3 aromatic rings. The van der Waals surface area contributed by atoms with Crippen LogP contribution in [0.4, 0.5) is 11.4 Å². The number of carbonyl (C=O) groups is 2. The number of hydrogen-bond donors (Lipinski definition) is 2. The molecule has 4 N–H and O–H groups in total. The van der Waals surface area contributed by atoms with Gasteiger partial charge < -0.3 is 20.9 Å². The quantitative estimate of drug-likeness (QED) is 0.0478. The molecule has 0 radical (unpaired) electrons. The summed E-state index contributed by atoms with van der Waals surface area (Å²) in [5.74, 6) is 5.64. The van der Waals surface area contributed by atoms with Crippen LogP contribution in [0.25, 0.3) is 6.08 Å². The van der Waals surface area contributed by atoms with E-state index in [1.165, 1.54) is 69.9 Å². The molecule has 3 aromatic carbocycles. The molecule has 7 rings (SSSR count). The van der Waals surface area contributed by atoms with Crippen molar-refractivity contribution in [3.8, 4) is 11.5 Å². The van der Waals surface area contributed by atoms with Crippen LogP contribution in [0, 0.1) is 46.3 Å². The first kappa shape index (κ1) is 38.9. The van der Waals surface area contributed by atoms with E-state index in [0.717, 1.165) is 59.7 Å². The largest absolute Gasteiger partial charge is 0.490 e. The highest BCUT2D eigenvalue weighted by atomic mass is 16.5. The second-order valence-electron chi connectivity index (χ2n) is 18.3. The molecule has 0 aromatic heterocycles. The summed E-state index contributed by atoms with van der Waals surface area (Å²) in [4.78, 5) is 25.6. The Hall–Kier alpha value is -4.32. The number of nitrogen functional groups attached to an aromatic ring is 2. The highest BCUT2D eigenvalue weighted by Crippen LogP contribution is 2.67. The first-order valence-electron chi connectivity index (χ1n) is 21.0. The van der Waals surface area contributed by atoms with Gasteiger partial charge in [-0.3, -0.25) is 4.79 Å². The smallest absolute Gasteiger partial charge is 0.343 e. The van der Waals surface area contributed by atoms with E-state index in [9.17, 15) is 9.59 Å². The molecule has 6 heteroatoms. The second kappa shape index (κ2) is 16.0. The van der Waals surface area contributed by atoms with Crippen LogP contribution in [0.2, 0.25) is 0 Å². The molecule has 0 aliphatic heterocycles. The van der Waals surface area contributed by atoms with Gasteiger partial charge in [0, 0.05) is 23.4 Å². The van der Waals surface area contributed by atoms with Gasteiger partial charge in [-0.25, -0.2) is 4.79 Å². The van der Waals surface area contributed by atoms with E-state index in [1.807, 2.05) is 24.3 Å². The van der Waals surface area contributed by atoms with Crippen molar-refractivity contribution in [2.45, 2.75) is 111 Å². The van der Waals surface area contributed by atoms with Crippen LogP contribution in [-0.4, -0.2) is 17.9 Å². The van der Waals surface area contributed by atoms with Gasteiger partial charge in [-0.05, 0) is 158 Å². The summed E-state index contributed by atoms with van der Waals surface area (Å²) in [6.45, 7) is 12.6. The van der Waals surface area contributed by atoms with Crippen LogP contribution in [0.1, 0.15) is 132 Å². The van der Waals surface area contributed by atoms with Crippen molar-refractivity contribution in [2.24, 2.45) is 46.3 Å². The summed E-state index contributed by atoms with van der Waals surface area (Å²) in [6, 6.07) is 19.2. The standard InChI is InChI=1S/C49H62N2O4/c1-31(2)7-6-8-32(3)43-20-21-44-42-19-14-36-29-41(23-25-48(36,4)45(42)24-26-49(43,44)5)54-39-17-12-34(13-18-39)46(52)22-11-33-9-15-40(16-10-33)55-47(53)35-27-37(50)30-38(51)28-35/h9-18,22,27-28,30-32,41-45H,6-8,19-21,23-26,29,50-51H2,1-5H3/t32-,41?,42?,43-,44?,45?,48+,49-/m1/s1. The van der Waals surface area contributed by atoms with E-state index in [1.54, 1.807) is 48.1 Å². The number of anilines is 2. The van der Waals surface area contributed by atoms with Crippen molar-refractivity contribution in [3.05, 3.63) is 101 Å². The van der Waals surface area contributed by atoms with Gasteiger partial charge in [0.1, 0.15) is 17.6 Å². The van der Waals surface area contributed by atoms with E-state index in [2.05, 4.69) is 40.7 Å². The monoisotopic (exact) mass is 742 g/mol. The molecular weight excluding hydrogens is 681 g/mol. The molecule has 3 saturated carbocycles. The van der Waals surface area contributed by atoms with Crippen molar-refractivity contribution in [1.29, 1.82) is 0 Å². The zero-order chi connectivity index (χ0) is 38.9. The summed E-state index contributed by atoms with van der Waals surface area (Å²) < 4.78 is 12.0. The lowest BCUT2D eigenvalue weighted by atomic mass is 9.47. The molecule has 4 aliphatic rings. The Kier molecular flexibility index (Phi) is 11.4. The normalized spacial score (nSPS) is 29.2. The molecular formula is C49H62N2O4. The second-order valence-corrected chi connectivity index (χ2v) is 18.3. The Balaban J connectivity index is 0.912. The number of rotatable bonds is 12. The van der Waals surface area contributed by atoms with Crippen molar-refractivity contribution >= 4 is 29.2 Å². The van der Waals surface area contributed by atoms with Crippen LogP contribution in [-0.2, 0) is 0 Å². The van der Waals surface area contributed by atoms with Gasteiger partial charge in [0.2, 0.25) is 0 Å². The fourth-order valence-corrected chi connectivity index (χ4v) is 11.5. The molecule has 8 atom stereocenters. The van der Waals surface area contributed by atoms with Gasteiger partial charge in [0.25, 0.3) is 0 Å². The maximum absolute atomic E-state index is 13.0. The first-order valence-corrected chi connectivity index (χ1v) is 21.0. The lowest BCUT2D eigenvalue weighted by Gasteiger charge is -2.58. The Morgan fingerprint density at radius 1 is 0.818 bits per heavy atom. The minimum absolute atomic E-state index is 0.0885. The number of carbonyl (C=O) groups excluding carboxylic acids is 2. The number of nitrogens with two attached hydrogens (primary N) is 2. The summed E-state index contributed by atoms with van der Waals surface area (Å²) in [7, 11) is 0. The van der Waals surface area contributed by atoms with Crippen LogP contribution >= 0.6 is 0 Å². The van der Waals surface area contributed by atoms with Crippen molar-refractivity contribution < 1.29 is 19.1 Å². The van der Waals surface area contributed by atoms with E-state index < -0.39 is 5.97 Å². The molecule has 4 aliphatic carbocycles.